The van der Waals surface area contributed by atoms with Gasteiger partial charge in [-0.3, -0.25) is 0 Å². The Hall–Kier alpha value is -0.0800. The molecule has 60 valence electrons. The van der Waals surface area contributed by atoms with E-state index in [2.05, 4.69) is 0 Å². The number of ether oxygens (including phenoxy) is 1. The van der Waals surface area contributed by atoms with Crippen molar-refractivity contribution in [3.8, 4) is 0 Å². The maximum absolute atomic E-state index is 9.89. The Kier molecular flexibility index (Phi) is 1.57. The fourth-order valence-electron chi connectivity index (χ4n) is 1.23. The third-order valence-electron chi connectivity index (χ3n) is 2.52. The lowest BCUT2D eigenvalue weighted by Gasteiger charge is -2.51. The molecule has 0 saturated carbocycles. The monoisotopic (exact) mass is 144 g/mol. The Morgan fingerprint density at radius 2 is 2.00 bits per heavy atom. The van der Waals surface area contributed by atoms with Crippen molar-refractivity contribution in [3.63, 3.8) is 0 Å². The minimum atomic E-state index is -0.604. The standard InChI is InChI=1S/C8H16O2/c1-6-8(9,5-10-6)7(2,3)4/h6,9H,5H2,1-4H3. The van der Waals surface area contributed by atoms with Gasteiger partial charge in [0, 0.05) is 0 Å². The van der Waals surface area contributed by atoms with E-state index in [-0.39, 0.29) is 11.5 Å². The lowest BCUT2D eigenvalue weighted by Crippen LogP contribution is -2.64. The zero-order chi connectivity index (χ0) is 7.99. The maximum atomic E-state index is 9.89. The van der Waals surface area contributed by atoms with E-state index in [0.29, 0.717) is 6.61 Å². The van der Waals surface area contributed by atoms with Crippen molar-refractivity contribution in [1.29, 1.82) is 0 Å². The second-order valence-electron chi connectivity index (χ2n) is 4.13. The minimum Gasteiger partial charge on any atom is -0.384 e. The average Bonchev–Trinajstić information content (AvgIpc) is 1.80. The van der Waals surface area contributed by atoms with Crippen molar-refractivity contribution in [2.45, 2.75) is 39.4 Å². The summed E-state index contributed by atoms with van der Waals surface area (Å²) in [7, 11) is 0. The van der Waals surface area contributed by atoms with Gasteiger partial charge in [-0.1, -0.05) is 20.8 Å². The van der Waals surface area contributed by atoms with Gasteiger partial charge in [0.2, 0.25) is 0 Å². The molecular weight excluding hydrogens is 128 g/mol. The summed E-state index contributed by atoms with van der Waals surface area (Å²) < 4.78 is 5.12. The van der Waals surface area contributed by atoms with Gasteiger partial charge >= 0.3 is 0 Å². The summed E-state index contributed by atoms with van der Waals surface area (Å²) in [5.41, 5.74) is -0.669. The molecular formula is C8H16O2. The van der Waals surface area contributed by atoms with Crippen LogP contribution in [0.4, 0.5) is 0 Å². The van der Waals surface area contributed by atoms with Gasteiger partial charge in [-0.05, 0) is 12.3 Å². The quantitative estimate of drug-likeness (QED) is 0.553. The van der Waals surface area contributed by atoms with E-state index in [4.69, 9.17) is 4.74 Å². The highest BCUT2D eigenvalue weighted by atomic mass is 16.6. The first-order valence-electron chi connectivity index (χ1n) is 3.72. The predicted octanol–water partition coefficient (Wildman–Crippen LogP) is 1.18. The third kappa shape index (κ3) is 0.867. The van der Waals surface area contributed by atoms with Crippen LogP contribution in [0.15, 0.2) is 0 Å². The smallest absolute Gasteiger partial charge is 0.118 e. The molecule has 1 saturated heterocycles. The fraction of sp³-hybridized carbons (Fsp3) is 1.00. The molecule has 0 aliphatic carbocycles. The summed E-state index contributed by atoms with van der Waals surface area (Å²) in [5, 5.41) is 9.89. The summed E-state index contributed by atoms with van der Waals surface area (Å²) >= 11 is 0. The number of hydrogen-bond acceptors (Lipinski definition) is 2. The van der Waals surface area contributed by atoms with Gasteiger partial charge in [-0.25, -0.2) is 0 Å². The molecule has 0 aromatic rings. The van der Waals surface area contributed by atoms with Crippen LogP contribution in [0.3, 0.4) is 0 Å². The first kappa shape index (κ1) is 8.02. The largest absolute Gasteiger partial charge is 0.384 e. The molecule has 0 radical (unpaired) electrons. The van der Waals surface area contributed by atoms with Gasteiger partial charge in [-0.15, -0.1) is 0 Å². The topological polar surface area (TPSA) is 29.5 Å². The zero-order valence-corrected chi connectivity index (χ0v) is 7.14. The molecule has 10 heavy (non-hydrogen) atoms. The number of hydrogen-bond donors (Lipinski definition) is 1. The van der Waals surface area contributed by atoms with E-state index in [1.54, 1.807) is 0 Å². The molecule has 0 aromatic carbocycles. The van der Waals surface area contributed by atoms with Crippen LogP contribution in [0.1, 0.15) is 27.7 Å². The van der Waals surface area contributed by atoms with Crippen molar-refractivity contribution in [2.75, 3.05) is 6.61 Å². The second-order valence-corrected chi connectivity index (χ2v) is 4.13. The Morgan fingerprint density at radius 3 is 2.00 bits per heavy atom. The number of rotatable bonds is 0. The van der Waals surface area contributed by atoms with Crippen molar-refractivity contribution in [2.24, 2.45) is 5.41 Å². The van der Waals surface area contributed by atoms with Crippen molar-refractivity contribution < 1.29 is 9.84 Å². The lowest BCUT2D eigenvalue weighted by molar-refractivity contribution is -0.273. The van der Waals surface area contributed by atoms with Crippen molar-refractivity contribution >= 4 is 0 Å². The van der Waals surface area contributed by atoms with Crippen LogP contribution in [0.5, 0.6) is 0 Å². The van der Waals surface area contributed by atoms with Crippen LogP contribution in [0.2, 0.25) is 0 Å². The Morgan fingerprint density at radius 1 is 1.50 bits per heavy atom. The van der Waals surface area contributed by atoms with Gasteiger partial charge < -0.3 is 9.84 Å². The summed E-state index contributed by atoms with van der Waals surface area (Å²) in [6, 6.07) is 0. The molecule has 2 unspecified atom stereocenters. The summed E-state index contributed by atoms with van der Waals surface area (Å²) in [4.78, 5) is 0. The number of aliphatic hydroxyl groups is 1. The predicted molar refractivity (Wildman–Crippen MR) is 39.8 cm³/mol. The normalized spacial score (nSPS) is 41.1. The first-order chi connectivity index (χ1) is 4.38. The van der Waals surface area contributed by atoms with Crippen LogP contribution >= 0.6 is 0 Å². The molecule has 2 atom stereocenters. The second kappa shape index (κ2) is 1.95. The van der Waals surface area contributed by atoms with Gasteiger partial charge in [0.05, 0.1) is 12.7 Å². The molecule has 0 amide bonds. The minimum absolute atomic E-state index is 0.00694. The molecule has 1 aliphatic rings. The van der Waals surface area contributed by atoms with E-state index in [1.165, 1.54) is 0 Å². The Balaban J connectivity index is 2.70. The summed E-state index contributed by atoms with van der Waals surface area (Å²) in [6.07, 6.45) is -0.00694. The highest BCUT2D eigenvalue weighted by molar-refractivity contribution is 5.01. The van der Waals surface area contributed by atoms with Crippen molar-refractivity contribution in [1.82, 2.24) is 0 Å². The Bertz CT molecular complexity index is 137. The zero-order valence-electron chi connectivity index (χ0n) is 7.14. The molecule has 1 aliphatic heterocycles. The highest BCUT2D eigenvalue weighted by Gasteiger charge is 2.52. The van der Waals surface area contributed by atoms with E-state index in [0.717, 1.165) is 0 Å². The molecule has 1 fully saturated rings. The highest BCUT2D eigenvalue weighted by Crippen LogP contribution is 2.40. The summed E-state index contributed by atoms with van der Waals surface area (Å²) in [6.45, 7) is 8.50. The van der Waals surface area contributed by atoms with Crippen LogP contribution in [0.25, 0.3) is 0 Å². The van der Waals surface area contributed by atoms with Crippen LogP contribution in [0, 0.1) is 5.41 Å². The van der Waals surface area contributed by atoms with E-state index in [9.17, 15) is 5.11 Å². The van der Waals surface area contributed by atoms with E-state index in [1.807, 2.05) is 27.7 Å². The molecule has 0 spiro atoms. The van der Waals surface area contributed by atoms with Gasteiger partial charge in [0.1, 0.15) is 5.60 Å². The molecule has 0 bridgehead atoms. The SMILES string of the molecule is CC1OCC1(O)C(C)(C)C. The van der Waals surface area contributed by atoms with E-state index < -0.39 is 5.60 Å². The van der Waals surface area contributed by atoms with E-state index >= 15 is 0 Å². The maximum Gasteiger partial charge on any atom is 0.118 e. The van der Waals surface area contributed by atoms with Gasteiger partial charge in [0.25, 0.3) is 0 Å². The Labute approximate surface area is 62.2 Å². The average molecular weight is 144 g/mol. The molecule has 0 aromatic heterocycles. The van der Waals surface area contributed by atoms with Gasteiger partial charge in [0.15, 0.2) is 0 Å². The third-order valence-corrected chi connectivity index (χ3v) is 2.52. The van der Waals surface area contributed by atoms with Crippen LogP contribution < -0.4 is 0 Å². The summed E-state index contributed by atoms with van der Waals surface area (Å²) in [5.74, 6) is 0. The first-order valence-corrected chi connectivity index (χ1v) is 3.72. The van der Waals surface area contributed by atoms with Crippen LogP contribution in [-0.2, 0) is 4.74 Å². The molecule has 2 nitrogen and oxygen atoms in total. The molecule has 1 rings (SSSR count). The molecule has 1 heterocycles. The molecule has 2 heteroatoms. The fourth-order valence-corrected chi connectivity index (χ4v) is 1.23. The van der Waals surface area contributed by atoms with Gasteiger partial charge in [-0.2, -0.15) is 0 Å². The van der Waals surface area contributed by atoms with Crippen molar-refractivity contribution in [3.05, 3.63) is 0 Å². The lowest BCUT2D eigenvalue weighted by atomic mass is 9.71. The molecule has 1 N–H and O–H groups in total. The van der Waals surface area contributed by atoms with Crippen LogP contribution in [-0.4, -0.2) is 23.4 Å².